The summed E-state index contributed by atoms with van der Waals surface area (Å²) in [5.41, 5.74) is 2.80. The molecule has 0 aliphatic carbocycles. The molecule has 0 N–H and O–H groups in total. The van der Waals surface area contributed by atoms with Crippen molar-refractivity contribution in [3.8, 4) is 11.5 Å². The second-order valence-electron chi connectivity index (χ2n) is 5.64. The first kappa shape index (κ1) is 15.7. The van der Waals surface area contributed by atoms with E-state index in [9.17, 15) is 4.79 Å². The lowest BCUT2D eigenvalue weighted by molar-refractivity contribution is -0.129. The Morgan fingerprint density at radius 2 is 2.21 bits per heavy atom. The molecule has 1 aromatic heterocycles. The molecule has 1 saturated heterocycles. The quantitative estimate of drug-likeness (QED) is 0.779. The van der Waals surface area contributed by atoms with Crippen molar-refractivity contribution in [2.24, 2.45) is 0 Å². The minimum atomic E-state index is 0.114. The molecule has 126 valence electrons. The predicted molar refractivity (Wildman–Crippen MR) is 91.8 cm³/mol. The van der Waals surface area contributed by atoms with Gasteiger partial charge in [-0.1, -0.05) is 29.2 Å². The molecular formula is C16H17N3O3S2. The highest BCUT2D eigenvalue weighted by molar-refractivity contribution is 8.01. The van der Waals surface area contributed by atoms with E-state index in [1.54, 1.807) is 5.51 Å². The largest absolute Gasteiger partial charge is 0.486 e. The Balaban J connectivity index is 1.47. The number of carbonyl (C=O) groups excluding carboxylic acids is 1. The Kier molecular flexibility index (Phi) is 4.57. The molecule has 2 aromatic rings. The van der Waals surface area contributed by atoms with Gasteiger partial charge >= 0.3 is 0 Å². The Bertz CT molecular complexity index is 723. The van der Waals surface area contributed by atoms with Gasteiger partial charge in [0, 0.05) is 6.54 Å². The van der Waals surface area contributed by atoms with Gasteiger partial charge in [0.15, 0.2) is 15.8 Å². The third-order valence-corrected chi connectivity index (χ3v) is 6.03. The van der Waals surface area contributed by atoms with Crippen molar-refractivity contribution in [1.82, 2.24) is 15.1 Å². The third kappa shape index (κ3) is 3.21. The number of nitrogens with zero attached hydrogens (tertiary/aromatic N) is 3. The molecular weight excluding hydrogens is 346 g/mol. The lowest BCUT2D eigenvalue weighted by Crippen LogP contribution is -2.32. The lowest BCUT2D eigenvalue weighted by atomic mass is 10.0. The van der Waals surface area contributed by atoms with Gasteiger partial charge in [-0.25, -0.2) is 0 Å². The molecule has 0 bridgehead atoms. The van der Waals surface area contributed by atoms with Crippen LogP contribution < -0.4 is 9.47 Å². The maximum atomic E-state index is 12.6. The molecule has 1 unspecified atom stereocenters. The monoisotopic (exact) mass is 363 g/mol. The van der Waals surface area contributed by atoms with E-state index in [0.717, 1.165) is 40.8 Å². The van der Waals surface area contributed by atoms with Crippen LogP contribution in [0, 0.1) is 0 Å². The molecule has 8 heteroatoms. The minimum Gasteiger partial charge on any atom is -0.486 e. The molecule has 3 heterocycles. The fraction of sp³-hybridized carbons (Fsp3) is 0.438. The topological polar surface area (TPSA) is 64.6 Å². The van der Waals surface area contributed by atoms with Crippen LogP contribution in [-0.2, 0) is 4.79 Å². The van der Waals surface area contributed by atoms with Gasteiger partial charge in [0.05, 0.1) is 11.8 Å². The second kappa shape index (κ2) is 6.98. The summed E-state index contributed by atoms with van der Waals surface area (Å²) in [6, 6.07) is 6.12. The average Bonchev–Trinajstić information content (AvgIpc) is 3.31. The van der Waals surface area contributed by atoms with Crippen LogP contribution in [0.5, 0.6) is 11.5 Å². The van der Waals surface area contributed by atoms with Crippen LogP contribution in [0.25, 0.3) is 0 Å². The summed E-state index contributed by atoms with van der Waals surface area (Å²) < 4.78 is 12.1. The van der Waals surface area contributed by atoms with E-state index >= 15 is 0 Å². The SMILES string of the molecule is O=C(CSc1nncs1)N1CCCC1c1ccc2c(c1)OCCO2. The van der Waals surface area contributed by atoms with Crippen molar-refractivity contribution in [2.75, 3.05) is 25.5 Å². The van der Waals surface area contributed by atoms with Crippen LogP contribution in [0.2, 0.25) is 0 Å². The zero-order valence-corrected chi connectivity index (χ0v) is 14.6. The summed E-state index contributed by atoms with van der Waals surface area (Å²) in [6.07, 6.45) is 2.00. The van der Waals surface area contributed by atoms with Crippen molar-refractivity contribution in [3.05, 3.63) is 29.3 Å². The number of benzene rings is 1. The van der Waals surface area contributed by atoms with Crippen LogP contribution in [0.4, 0.5) is 0 Å². The van der Waals surface area contributed by atoms with Gasteiger partial charge in [-0.2, -0.15) is 0 Å². The van der Waals surface area contributed by atoms with Crippen molar-refractivity contribution in [1.29, 1.82) is 0 Å². The fourth-order valence-electron chi connectivity index (χ4n) is 3.11. The number of carbonyl (C=O) groups is 1. The van der Waals surface area contributed by atoms with E-state index in [2.05, 4.69) is 10.2 Å². The first-order valence-corrected chi connectivity index (χ1v) is 9.76. The van der Waals surface area contributed by atoms with Crippen molar-refractivity contribution < 1.29 is 14.3 Å². The number of hydrogen-bond donors (Lipinski definition) is 0. The number of ether oxygens (including phenoxy) is 2. The Morgan fingerprint density at radius 3 is 3.04 bits per heavy atom. The summed E-state index contributed by atoms with van der Waals surface area (Å²) in [7, 11) is 0. The number of aromatic nitrogens is 2. The predicted octanol–water partition coefficient (Wildman–Crippen LogP) is 2.77. The van der Waals surface area contributed by atoms with Crippen LogP contribution in [0.15, 0.2) is 28.0 Å². The van der Waals surface area contributed by atoms with E-state index in [1.807, 2.05) is 23.1 Å². The van der Waals surface area contributed by atoms with E-state index in [1.165, 1.54) is 23.1 Å². The summed E-state index contributed by atoms with van der Waals surface area (Å²) in [5.74, 6) is 2.11. The van der Waals surface area contributed by atoms with Gasteiger partial charge in [0.1, 0.15) is 18.7 Å². The average molecular weight is 363 g/mol. The molecule has 1 atom stereocenters. The zero-order chi connectivity index (χ0) is 16.4. The van der Waals surface area contributed by atoms with E-state index in [-0.39, 0.29) is 11.9 Å². The number of hydrogen-bond acceptors (Lipinski definition) is 7. The molecule has 2 aliphatic rings. The molecule has 2 aliphatic heterocycles. The first-order chi connectivity index (χ1) is 11.8. The molecule has 1 amide bonds. The van der Waals surface area contributed by atoms with E-state index in [0.29, 0.717) is 19.0 Å². The summed E-state index contributed by atoms with van der Waals surface area (Å²) >= 11 is 2.91. The zero-order valence-electron chi connectivity index (χ0n) is 13.0. The number of likely N-dealkylation sites (tertiary alicyclic amines) is 1. The summed E-state index contributed by atoms with van der Waals surface area (Å²) in [4.78, 5) is 14.6. The smallest absolute Gasteiger partial charge is 0.233 e. The fourth-order valence-corrected chi connectivity index (χ4v) is 4.49. The van der Waals surface area contributed by atoms with Gasteiger partial charge in [0.2, 0.25) is 5.91 Å². The van der Waals surface area contributed by atoms with Gasteiger partial charge in [-0.3, -0.25) is 4.79 Å². The molecule has 0 spiro atoms. The maximum absolute atomic E-state index is 12.6. The van der Waals surface area contributed by atoms with Gasteiger partial charge < -0.3 is 14.4 Å². The summed E-state index contributed by atoms with van der Waals surface area (Å²) in [5, 5.41) is 7.77. The molecule has 6 nitrogen and oxygen atoms in total. The summed E-state index contributed by atoms with van der Waals surface area (Å²) in [6.45, 7) is 1.96. The van der Waals surface area contributed by atoms with Crippen molar-refractivity contribution in [3.63, 3.8) is 0 Å². The molecule has 1 fully saturated rings. The Hall–Kier alpha value is -1.80. The second-order valence-corrected chi connectivity index (χ2v) is 7.70. The molecule has 0 radical (unpaired) electrons. The van der Waals surface area contributed by atoms with Gasteiger partial charge in [-0.15, -0.1) is 10.2 Å². The van der Waals surface area contributed by atoms with Crippen LogP contribution in [0.1, 0.15) is 24.4 Å². The highest BCUT2D eigenvalue weighted by Crippen LogP contribution is 2.38. The van der Waals surface area contributed by atoms with Crippen molar-refractivity contribution in [2.45, 2.75) is 23.2 Å². The number of thioether (sulfide) groups is 1. The Morgan fingerprint density at radius 1 is 1.33 bits per heavy atom. The van der Waals surface area contributed by atoms with E-state index in [4.69, 9.17) is 9.47 Å². The first-order valence-electron chi connectivity index (χ1n) is 7.89. The molecule has 1 aromatic carbocycles. The highest BCUT2D eigenvalue weighted by Gasteiger charge is 2.30. The minimum absolute atomic E-state index is 0.114. The molecule has 24 heavy (non-hydrogen) atoms. The van der Waals surface area contributed by atoms with Crippen molar-refractivity contribution >= 4 is 29.0 Å². The highest BCUT2D eigenvalue weighted by atomic mass is 32.2. The Labute approximate surface area is 148 Å². The molecule has 4 rings (SSSR count). The standard InChI is InChI=1S/C16H17N3O3S2/c20-15(9-23-16-18-17-10-24-16)19-5-1-2-12(19)11-3-4-13-14(8-11)22-7-6-21-13/h3-4,8,10,12H,1-2,5-7,9H2. The van der Waals surface area contributed by atoms with Crippen LogP contribution in [-0.4, -0.2) is 46.5 Å². The van der Waals surface area contributed by atoms with Gasteiger partial charge in [-0.05, 0) is 30.5 Å². The van der Waals surface area contributed by atoms with Crippen LogP contribution >= 0.6 is 23.1 Å². The van der Waals surface area contributed by atoms with Gasteiger partial charge in [0.25, 0.3) is 0 Å². The number of rotatable bonds is 4. The van der Waals surface area contributed by atoms with E-state index < -0.39 is 0 Å². The van der Waals surface area contributed by atoms with Crippen LogP contribution in [0.3, 0.4) is 0 Å². The number of amides is 1. The molecule has 0 saturated carbocycles. The lowest BCUT2D eigenvalue weighted by Gasteiger charge is -2.26. The number of fused-ring (bicyclic) bond motifs is 1. The maximum Gasteiger partial charge on any atom is 0.233 e. The third-order valence-electron chi connectivity index (χ3n) is 4.18. The normalized spacial score (nSPS) is 19.5.